The average Bonchev–Trinajstić information content (AvgIpc) is 2.67. The number of alkyl halides is 3. The number of benzene rings is 2. The van der Waals surface area contributed by atoms with E-state index in [4.69, 9.17) is 4.74 Å². The number of aromatic nitrogens is 1. The Kier molecular flexibility index (Phi) is 6.33. The molecule has 1 heterocycles. The van der Waals surface area contributed by atoms with Crippen molar-refractivity contribution in [1.82, 2.24) is 10.3 Å². The van der Waals surface area contributed by atoms with Crippen LogP contribution in [0.15, 0.2) is 41.2 Å². The van der Waals surface area contributed by atoms with E-state index in [0.717, 1.165) is 29.3 Å². The van der Waals surface area contributed by atoms with Crippen LogP contribution in [0.5, 0.6) is 17.2 Å². The van der Waals surface area contributed by atoms with Crippen molar-refractivity contribution in [3.63, 3.8) is 0 Å². The molecule has 0 spiro atoms. The van der Waals surface area contributed by atoms with Crippen LogP contribution in [0.1, 0.15) is 28.4 Å². The van der Waals surface area contributed by atoms with Crippen LogP contribution in [0.2, 0.25) is 0 Å². The Morgan fingerprint density at radius 3 is 2.47 bits per heavy atom. The van der Waals surface area contributed by atoms with Gasteiger partial charge in [0, 0.05) is 10.9 Å². The van der Waals surface area contributed by atoms with Gasteiger partial charge in [0.2, 0.25) is 0 Å². The molecule has 3 rings (SSSR count). The maximum atomic E-state index is 12.8. The van der Waals surface area contributed by atoms with Gasteiger partial charge in [-0.3, -0.25) is 9.59 Å². The number of carbonyl (C=O) groups is 1. The normalized spacial score (nSPS) is 12.4. The summed E-state index contributed by atoms with van der Waals surface area (Å²) in [5.41, 5.74) is 0.478. The van der Waals surface area contributed by atoms with Crippen LogP contribution in [-0.2, 0) is 0 Å². The van der Waals surface area contributed by atoms with Gasteiger partial charge in [-0.05, 0) is 50.1 Å². The number of rotatable bonds is 6. The van der Waals surface area contributed by atoms with E-state index in [-0.39, 0.29) is 17.5 Å². The zero-order valence-corrected chi connectivity index (χ0v) is 17.5. The molecule has 0 bridgehead atoms. The number of carbonyl (C=O) groups excluding carboxylic acids is 1. The van der Waals surface area contributed by atoms with Crippen molar-refractivity contribution in [1.29, 1.82) is 0 Å². The van der Waals surface area contributed by atoms with E-state index in [0.29, 0.717) is 5.75 Å². The number of H-pyrrole nitrogens is 1. The molecular formula is C22H21F3N2O5. The van der Waals surface area contributed by atoms with Crippen LogP contribution in [0.4, 0.5) is 13.2 Å². The van der Waals surface area contributed by atoms with Gasteiger partial charge in [-0.1, -0.05) is 18.2 Å². The van der Waals surface area contributed by atoms with Crippen molar-refractivity contribution in [2.24, 2.45) is 0 Å². The molecule has 1 aromatic heterocycles. The van der Waals surface area contributed by atoms with Crippen LogP contribution in [0.3, 0.4) is 0 Å². The second-order valence-electron chi connectivity index (χ2n) is 7.34. The van der Waals surface area contributed by atoms with Gasteiger partial charge in [0.05, 0.1) is 11.6 Å². The largest absolute Gasteiger partial charge is 0.573 e. The van der Waals surface area contributed by atoms with E-state index in [2.05, 4.69) is 15.0 Å². The average molecular weight is 450 g/mol. The number of amides is 1. The predicted octanol–water partition coefficient (Wildman–Crippen LogP) is 3.95. The van der Waals surface area contributed by atoms with Crippen LogP contribution >= 0.6 is 0 Å². The van der Waals surface area contributed by atoms with Crippen LogP contribution < -0.4 is 20.3 Å². The third kappa shape index (κ3) is 5.13. The Labute approximate surface area is 180 Å². The van der Waals surface area contributed by atoms with Gasteiger partial charge in [0.1, 0.15) is 18.1 Å². The molecule has 0 fully saturated rings. The SMILES string of the molecule is Cc1cccc(C)c1OC[C@@H](C)NC(=O)c1c(O)c(=O)[nH]c2ccc(OC(F)(F)F)cc12. The molecule has 1 amide bonds. The number of fused-ring (bicyclic) bond motifs is 1. The number of pyridine rings is 1. The highest BCUT2D eigenvalue weighted by Crippen LogP contribution is 2.29. The van der Waals surface area contributed by atoms with Crippen LogP contribution in [0.25, 0.3) is 10.9 Å². The lowest BCUT2D eigenvalue weighted by Gasteiger charge is -2.18. The zero-order chi connectivity index (χ0) is 23.6. The molecule has 2 aromatic carbocycles. The van der Waals surface area contributed by atoms with Gasteiger partial charge in [-0.25, -0.2) is 0 Å². The summed E-state index contributed by atoms with van der Waals surface area (Å²) in [5.74, 6) is -1.69. The lowest BCUT2D eigenvalue weighted by atomic mass is 10.1. The zero-order valence-electron chi connectivity index (χ0n) is 17.5. The molecule has 10 heteroatoms. The minimum absolute atomic E-state index is 0.0620. The molecule has 0 radical (unpaired) electrons. The van der Waals surface area contributed by atoms with E-state index in [1.165, 1.54) is 0 Å². The molecule has 0 saturated carbocycles. The number of nitrogens with one attached hydrogen (secondary N) is 2. The lowest BCUT2D eigenvalue weighted by Crippen LogP contribution is -2.37. The third-order valence-corrected chi connectivity index (χ3v) is 4.69. The minimum atomic E-state index is -4.94. The fourth-order valence-electron chi connectivity index (χ4n) is 3.26. The van der Waals surface area contributed by atoms with Crippen LogP contribution in [-0.4, -0.2) is 35.0 Å². The Bertz CT molecular complexity index is 1200. The van der Waals surface area contributed by atoms with Crippen molar-refractivity contribution in [3.05, 3.63) is 63.4 Å². The first-order valence-electron chi connectivity index (χ1n) is 9.61. The molecular weight excluding hydrogens is 429 g/mol. The van der Waals surface area contributed by atoms with Crippen LogP contribution in [0, 0.1) is 13.8 Å². The second-order valence-corrected chi connectivity index (χ2v) is 7.34. The molecule has 3 aromatic rings. The first kappa shape index (κ1) is 23.0. The summed E-state index contributed by atoms with van der Waals surface area (Å²) in [6, 6.07) is 8.17. The summed E-state index contributed by atoms with van der Waals surface area (Å²) in [4.78, 5) is 27.2. The van der Waals surface area contributed by atoms with E-state index in [9.17, 15) is 27.9 Å². The molecule has 3 N–H and O–H groups in total. The molecule has 0 aliphatic heterocycles. The third-order valence-electron chi connectivity index (χ3n) is 4.69. The molecule has 32 heavy (non-hydrogen) atoms. The maximum Gasteiger partial charge on any atom is 0.573 e. The summed E-state index contributed by atoms with van der Waals surface area (Å²) < 4.78 is 47.4. The molecule has 0 aliphatic carbocycles. The maximum absolute atomic E-state index is 12.8. The first-order valence-corrected chi connectivity index (χ1v) is 9.61. The van der Waals surface area contributed by atoms with E-state index in [1.54, 1.807) is 6.92 Å². The molecule has 0 aliphatic rings. The molecule has 0 saturated heterocycles. The van der Waals surface area contributed by atoms with E-state index < -0.39 is 40.9 Å². The number of ether oxygens (including phenoxy) is 2. The highest BCUT2D eigenvalue weighted by molar-refractivity contribution is 6.08. The Morgan fingerprint density at radius 2 is 1.84 bits per heavy atom. The number of para-hydroxylation sites is 1. The Balaban J connectivity index is 1.86. The van der Waals surface area contributed by atoms with Crippen molar-refractivity contribution in [2.45, 2.75) is 33.2 Å². The number of halogens is 3. The first-order chi connectivity index (χ1) is 15.0. The quantitative estimate of drug-likeness (QED) is 0.528. The smallest absolute Gasteiger partial charge is 0.502 e. The van der Waals surface area contributed by atoms with Gasteiger partial charge in [0.25, 0.3) is 11.5 Å². The van der Waals surface area contributed by atoms with Crippen molar-refractivity contribution in [3.8, 4) is 17.2 Å². The number of hydrogen-bond donors (Lipinski definition) is 3. The van der Waals surface area contributed by atoms with Crippen molar-refractivity contribution < 1.29 is 32.5 Å². The molecule has 170 valence electrons. The summed E-state index contributed by atoms with van der Waals surface area (Å²) >= 11 is 0. The molecule has 7 nitrogen and oxygen atoms in total. The van der Waals surface area contributed by atoms with Gasteiger partial charge >= 0.3 is 6.36 Å². The second kappa shape index (κ2) is 8.81. The van der Waals surface area contributed by atoms with E-state index >= 15 is 0 Å². The number of aromatic amines is 1. The highest BCUT2D eigenvalue weighted by atomic mass is 19.4. The number of hydrogen-bond acceptors (Lipinski definition) is 5. The monoisotopic (exact) mass is 450 g/mol. The number of aromatic hydroxyl groups is 1. The lowest BCUT2D eigenvalue weighted by molar-refractivity contribution is -0.274. The predicted molar refractivity (Wildman–Crippen MR) is 111 cm³/mol. The molecule has 0 unspecified atom stereocenters. The van der Waals surface area contributed by atoms with Crippen molar-refractivity contribution in [2.75, 3.05) is 6.61 Å². The highest BCUT2D eigenvalue weighted by Gasteiger charge is 2.31. The summed E-state index contributed by atoms with van der Waals surface area (Å²) in [6.45, 7) is 5.50. The number of aryl methyl sites for hydroxylation is 2. The Morgan fingerprint density at radius 1 is 1.19 bits per heavy atom. The minimum Gasteiger partial charge on any atom is -0.502 e. The van der Waals surface area contributed by atoms with Crippen molar-refractivity contribution >= 4 is 16.8 Å². The topological polar surface area (TPSA) is 101 Å². The fourth-order valence-corrected chi connectivity index (χ4v) is 3.26. The summed E-state index contributed by atoms with van der Waals surface area (Å²) in [6.07, 6.45) is -4.94. The van der Waals surface area contributed by atoms with Gasteiger partial charge in [-0.2, -0.15) is 0 Å². The standard InChI is InChI=1S/C22H21F3N2O5/c1-11-5-4-6-12(2)19(11)31-10-13(3)26-20(29)17-15-9-14(32-22(23,24)25)7-8-16(15)27-21(30)18(17)28/h4-9,13,28H,10H2,1-3H3,(H,26,29)(H,27,30)/t13-/m1/s1. The van der Waals surface area contributed by atoms with Gasteiger partial charge in [0.15, 0.2) is 5.75 Å². The summed E-state index contributed by atoms with van der Waals surface area (Å²) in [5, 5.41) is 12.7. The Hall–Kier alpha value is -3.69. The van der Waals surface area contributed by atoms with E-state index in [1.807, 2.05) is 32.0 Å². The fraction of sp³-hybridized carbons (Fsp3) is 0.273. The summed E-state index contributed by atoms with van der Waals surface area (Å²) in [7, 11) is 0. The molecule has 1 atom stereocenters. The van der Waals surface area contributed by atoms with Gasteiger partial charge in [-0.15, -0.1) is 13.2 Å². The van der Waals surface area contributed by atoms with Gasteiger partial charge < -0.3 is 24.9 Å².